The van der Waals surface area contributed by atoms with E-state index in [1.807, 2.05) is 13.0 Å². The maximum Gasteiger partial charge on any atom is 0.224 e. The Hall–Kier alpha value is -1.36. The summed E-state index contributed by atoms with van der Waals surface area (Å²) in [6.07, 6.45) is 4.83. The molecule has 0 bridgehead atoms. The van der Waals surface area contributed by atoms with Crippen molar-refractivity contribution in [2.75, 3.05) is 24.3 Å². The summed E-state index contributed by atoms with van der Waals surface area (Å²) in [5.41, 5.74) is 0.975. The second-order valence-corrected chi connectivity index (χ2v) is 5.10. The fraction of sp³-hybridized carbons (Fsp3) is 0.714. The predicted octanol–water partition coefficient (Wildman–Crippen LogP) is 2.59. The Kier molecular flexibility index (Phi) is 4.96. The van der Waals surface area contributed by atoms with Crippen LogP contribution in [0.25, 0.3) is 0 Å². The van der Waals surface area contributed by atoms with E-state index in [0.717, 1.165) is 37.3 Å². The highest BCUT2D eigenvalue weighted by molar-refractivity contribution is 5.43. The molecule has 2 atom stereocenters. The van der Waals surface area contributed by atoms with Crippen molar-refractivity contribution in [3.8, 4) is 0 Å². The number of aromatic nitrogens is 2. The van der Waals surface area contributed by atoms with Crippen LogP contribution in [0.15, 0.2) is 6.07 Å². The minimum Gasteiger partial charge on any atom is -0.379 e. The van der Waals surface area contributed by atoms with Crippen molar-refractivity contribution in [1.82, 2.24) is 9.97 Å². The van der Waals surface area contributed by atoms with Crippen LogP contribution in [0.2, 0.25) is 0 Å². The molecule has 1 aromatic rings. The lowest BCUT2D eigenvalue weighted by atomic mass is 10.2. The van der Waals surface area contributed by atoms with Crippen LogP contribution < -0.4 is 10.6 Å². The lowest BCUT2D eigenvalue weighted by Crippen LogP contribution is -2.30. The highest BCUT2D eigenvalue weighted by atomic mass is 16.5. The fourth-order valence-corrected chi connectivity index (χ4v) is 2.52. The zero-order chi connectivity index (χ0) is 13.7. The first-order chi connectivity index (χ1) is 9.22. The number of nitrogens with zero attached hydrogens (tertiary/aromatic N) is 2. The highest BCUT2D eigenvalue weighted by Gasteiger charge is 2.27. The average molecular weight is 264 g/mol. The van der Waals surface area contributed by atoms with E-state index in [0.29, 0.717) is 18.1 Å². The number of aryl methyl sites for hydroxylation is 1. The number of rotatable bonds is 6. The predicted molar refractivity (Wildman–Crippen MR) is 77.6 cm³/mol. The molecule has 2 N–H and O–H groups in total. The summed E-state index contributed by atoms with van der Waals surface area (Å²) in [4.78, 5) is 8.91. The molecule has 1 aliphatic rings. The Morgan fingerprint density at radius 3 is 2.95 bits per heavy atom. The van der Waals surface area contributed by atoms with Crippen LogP contribution in [-0.2, 0) is 4.74 Å². The first-order valence-electron chi connectivity index (χ1n) is 7.11. The number of hydrogen-bond acceptors (Lipinski definition) is 5. The van der Waals surface area contributed by atoms with E-state index in [1.54, 1.807) is 7.11 Å². The topological polar surface area (TPSA) is 59.1 Å². The van der Waals surface area contributed by atoms with Crippen molar-refractivity contribution >= 4 is 11.8 Å². The van der Waals surface area contributed by atoms with Gasteiger partial charge in [0, 0.05) is 25.4 Å². The summed E-state index contributed by atoms with van der Waals surface area (Å²) in [5.74, 6) is 1.59. The SMILES string of the molecule is CCCNc1nc(C)cc(NC2CCCC2OC)n1. The molecule has 1 heterocycles. The highest BCUT2D eigenvalue weighted by Crippen LogP contribution is 2.24. The third kappa shape index (κ3) is 3.80. The van der Waals surface area contributed by atoms with Crippen molar-refractivity contribution in [3.63, 3.8) is 0 Å². The monoisotopic (exact) mass is 264 g/mol. The molecule has 0 aromatic carbocycles. The second kappa shape index (κ2) is 6.70. The molecule has 106 valence electrons. The van der Waals surface area contributed by atoms with Gasteiger partial charge in [0.25, 0.3) is 0 Å². The minimum atomic E-state index is 0.294. The summed E-state index contributed by atoms with van der Waals surface area (Å²) in [5, 5.41) is 6.72. The lowest BCUT2D eigenvalue weighted by molar-refractivity contribution is 0.101. The molecule has 19 heavy (non-hydrogen) atoms. The molecule has 2 unspecified atom stereocenters. The quantitative estimate of drug-likeness (QED) is 0.827. The first kappa shape index (κ1) is 14.1. The normalized spacial score (nSPS) is 22.5. The fourth-order valence-electron chi connectivity index (χ4n) is 2.52. The molecule has 0 amide bonds. The van der Waals surface area contributed by atoms with Crippen LogP contribution in [0.5, 0.6) is 0 Å². The smallest absolute Gasteiger partial charge is 0.224 e. The molecule has 1 saturated carbocycles. The summed E-state index contributed by atoms with van der Waals surface area (Å²) >= 11 is 0. The van der Waals surface area contributed by atoms with Gasteiger partial charge >= 0.3 is 0 Å². The van der Waals surface area contributed by atoms with Crippen molar-refractivity contribution in [3.05, 3.63) is 11.8 Å². The standard InChI is InChI=1S/C14H24N4O/c1-4-8-15-14-16-10(2)9-13(18-14)17-11-6-5-7-12(11)19-3/h9,11-12H,4-8H2,1-3H3,(H2,15,16,17,18). The van der Waals surface area contributed by atoms with Gasteiger partial charge in [0.05, 0.1) is 12.1 Å². The van der Waals surface area contributed by atoms with Gasteiger partial charge in [-0.15, -0.1) is 0 Å². The van der Waals surface area contributed by atoms with Gasteiger partial charge in [-0.1, -0.05) is 6.92 Å². The number of methoxy groups -OCH3 is 1. The van der Waals surface area contributed by atoms with Crippen molar-refractivity contribution < 1.29 is 4.74 Å². The molecule has 0 saturated heterocycles. The number of hydrogen-bond donors (Lipinski definition) is 2. The summed E-state index contributed by atoms with van der Waals surface area (Å²) in [6, 6.07) is 2.35. The molecule has 1 fully saturated rings. The zero-order valence-electron chi connectivity index (χ0n) is 12.1. The Morgan fingerprint density at radius 1 is 1.37 bits per heavy atom. The molecule has 1 aliphatic carbocycles. The third-order valence-electron chi connectivity index (χ3n) is 3.48. The van der Waals surface area contributed by atoms with Crippen LogP contribution in [-0.4, -0.2) is 35.8 Å². The van der Waals surface area contributed by atoms with Gasteiger partial charge in [0.15, 0.2) is 0 Å². The van der Waals surface area contributed by atoms with Crippen molar-refractivity contribution in [2.24, 2.45) is 0 Å². The Balaban J connectivity index is 2.04. The Labute approximate surface area is 115 Å². The largest absolute Gasteiger partial charge is 0.379 e. The van der Waals surface area contributed by atoms with Gasteiger partial charge < -0.3 is 15.4 Å². The summed E-state index contributed by atoms with van der Waals surface area (Å²) in [6.45, 7) is 5.02. The van der Waals surface area contributed by atoms with Gasteiger partial charge in [-0.2, -0.15) is 4.98 Å². The molecule has 5 heteroatoms. The average Bonchev–Trinajstić information content (AvgIpc) is 2.83. The van der Waals surface area contributed by atoms with E-state index in [1.165, 1.54) is 6.42 Å². The number of ether oxygens (including phenoxy) is 1. The molecular weight excluding hydrogens is 240 g/mol. The first-order valence-corrected chi connectivity index (χ1v) is 7.11. The van der Waals surface area contributed by atoms with E-state index >= 15 is 0 Å². The van der Waals surface area contributed by atoms with Gasteiger partial charge in [0.1, 0.15) is 5.82 Å². The molecule has 2 rings (SSSR count). The van der Waals surface area contributed by atoms with Crippen LogP contribution >= 0.6 is 0 Å². The molecule has 0 aliphatic heterocycles. The van der Waals surface area contributed by atoms with Crippen LogP contribution in [0.4, 0.5) is 11.8 Å². The maximum absolute atomic E-state index is 5.50. The van der Waals surface area contributed by atoms with Crippen molar-refractivity contribution in [2.45, 2.75) is 51.7 Å². The van der Waals surface area contributed by atoms with Gasteiger partial charge in [0.2, 0.25) is 5.95 Å². The van der Waals surface area contributed by atoms with Gasteiger partial charge in [-0.25, -0.2) is 4.98 Å². The number of anilines is 2. The Bertz CT molecular complexity index is 410. The van der Waals surface area contributed by atoms with E-state index in [-0.39, 0.29) is 0 Å². The molecule has 0 radical (unpaired) electrons. The van der Waals surface area contributed by atoms with E-state index < -0.39 is 0 Å². The minimum absolute atomic E-state index is 0.294. The second-order valence-electron chi connectivity index (χ2n) is 5.10. The van der Waals surface area contributed by atoms with Gasteiger partial charge in [-0.3, -0.25) is 0 Å². The van der Waals surface area contributed by atoms with Crippen molar-refractivity contribution in [1.29, 1.82) is 0 Å². The molecule has 5 nitrogen and oxygen atoms in total. The van der Waals surface area contributed by atoms with Crippen LogP contribution in [0.1, 0.15) is 38.3 Å². The van der Waals surface area contributed by atoms with Gasteiger partial charge in [-0.05, 0) is 32.6 Å². The van der Waals surface area contributed by atoms with E-state index in [9.17, 15) is 0 Å². The Morgan fingerprint density at radius 2 is 2.21 bits per heavy atom. The van der Waals surface area contributed by atoms with E-state index in [2.05, 4.69) is 27.5 Å². The zero-order valence-corrected chi connectivity index (χ0v) is 12.1. The van der Waals surface area contributed by atoms with Crippen LogP contribution in [0.3, 0.4) is 0 Å². The summed E-state index contributed by atoms with van der Waals surface area (Å²) in [7, 11) is 1.78. The number of nitrogens with one attached hydrogen (secondary N) is 2. The maximum atomic E-state index is 5.50. The van der Waals surface area contributed by atoms with E-state index in [4.69, 9.17) is 4.74 Å². The third-order valence-corrected chi connectivity index (χ3v) is 3.48. The molecular formula is C14H24N4O. The molecule has 0 spiro atoms. The van der Waals surface area contributed by atoms with Crippen LogP contribution in [0, 0.1) is 6.92 Å². The molecule has 1 aromatic heterocycles. The summed E-state index contributed by atoms with van der Waals surface area (Å²) < 4.78 is 5.50. The lowest BCUT2D eigenvalue weighted by Gasteiger charge is -2.20.